The maximum Gasteiger partial charge on any atom is 0.329 e. The van der Waals surface area contributed by atoms with Gasteiger partial charge in [-0.25, -0.2) is 4.79 Å². The first kappa shape index (κ1) is 21.5. The van der Waals surface area contributed by atoms with E-state index >= 15 is 0 Å². The third kappa shape index (κ3) is 4.22. The minimum absolute atomic E-state index is 0.350. The van der Waals surface area contributed by atoms with Crippen molar-refractivity contribution < 1.29 is 23.9 Å². The number of amides is 3. The molecule has 0 radical (unpaired) electrons. The molecule has 3 amide bonds. The predicted octanol–water partition coefficient (Wildman–Crippen LogP) is 1.96. The van der Waals surface area contributed by atoms with Gasteiger partial charge in [-0.1, -0.05) is 12.2 Å². The third-order valence-corrected chi connectivity index (χ3v) is 5.58. The minimum Gasteiger partial charge on any atom is -0.451 e. The van der Waals surface area contributed by atoms with Crippen molar-refractivity contribution >= 4 is 35.1 Å². The number of ether oxygens (including phenoxy) is 1. The molecule has 0 saturated carbocycles. The van der Waals surface area contributed by atoms with Gasteiger partial charge in [0, 0.05) is 25.5 Å². The van der Waals surface area contributed by atoms with Crippen molar-refractivity contribution in [3.05, 3.63) is 36.4 Å². The molecule has 1 heterocycles. The lowest BCUT2D eigenvalue weighted by Crippen LogP contribution is -2.46. The molecule has 2 aliphatic rings. The fourth-order valence-electron chi connectivity index (χ4n) is 3.73. The Hall–Kier alpha value is -3.16. The maximum absolute atomic E-state index is 12.6. The lowest BCUT2D eigenvalue weighted by atomic mass is 9.85. The molecule has 1 aromatic carbocycles. The van der Waals surface area contributed by atoms with Crippen molar-refractivity contribution in [2.24, 2.45) is 11.8 Å². The molecule has 0 unspecified atom stereocenters. The number of hydrogen-bond donors (Lipinski definition) is 1. The SMILES string of the molecule is C[C@H](OC(=O)[C@H](C)N1C(=O)[C@H]2CC=CC[C@@H]2C1=O)C(=O)Nc1ccc(N(C)C)cc1. The molecule has 4 atom stereocenters. The number of imide groups is 1. The number of esters is 1. The Morgan fingerprint density at radius 3 is 2.07 bits per heavy atom. The molecule has 1 saturated heterocycles. The van der Waals surface area contributed by atoms with E-state index in [2.05, 4.69) is 5.32 Å². The molecule has 0 bridgehead atoms. The number of hydrogen-bond acceptors (Lipinski definition) is 6. The standard InChI is InChI=1S/C22H27N3O5/c1-13(25-20(27)17-7-5-6-8-18(17)21(25)28)22(29)30-14(2)19(26)23-15-9-11-16(12-10-15)24(3)4/h5-6,9-14,17-18H,7-8H2,1-4H3,(H,23,26)/t13-,14-,17-,18-/m0/s1. The number of carbonyl (C=O) groups is 4. The molecule has 30 heavy (non-hydrogen) atoms. The first-order valence-electron chi connectivity index (χ1n) is 10.0. The van der Waals surface area contributed by atoms with Gasteiger partial charge in [0.25, 0.3) is 5.91 Å². The Morgan fingerprint density at radius 1 is 1.03 bits per heavy atom. The highest BCUT2D eigenvalue weighted by Crippen LogP contribution is 2.36. The normalized spacial score (nSPS) is 22.3. The lowest BCUT2D eigenvalue weighted by molar-refractivity contribution is -0.163. The monoisotopic (exact) mass is 413 g/mol. The van der Waals surface area contributed by atoms with Gasteiger partial charge in [-0.15, -0.1) is 0 Å². The van der Waals surface area contributed by atoms with E-state index in [4.69, 9.17) is 4.74 Å². The van der Waals surface area contributed by atoms with E-state index < -0.39 is 35.9 Å². The van der Waals surface area contributed by atoms with Crippen LogP contribution in [0.15, 0.2) is 36.4 Å². The summed E-state index contributed by atoms with van der Waals surface area (Å²) in [5.41, 5.74) is 1.56. The van der Waals surface area contributed by atoms with Crippen LogP contribution in [0.1, 0.15) is 26.7 Å². The van der Waals surface area contributed by atoms with Crippen LogP contribution < -0.4 is 10.2 Å². The Morgan fingerprint density at radius 2 is 1.57 bits per heavy atom. The second-order valence-corrected chi connectivity index (χ2v) is 7.89. The quantitative estimate of drug-likeness (QED) is 0.435. The van der Waals surface area contributed by atoms with Gasteiger partial charge in [-0.3, -0.25) is 19.3 Å². The summed E-state index contributed by atoms with van der Waals surface area (Å²) in [5, 5.41) is 2.69. The fraction of sp³-hybridized carbons (Fsp3) is 0.455. The summed E-state index contributed by atoms with van der Waals surface area (Å²) >= 11 is 0. The van der Waals surface area contributed by atoms with E-state index in [1.54, 1.807) is 12.1 Å². The molecule has 1 fully saturated rings. The highest BCUT2D eigenvalue weighted by molar-refractivity contribution is 6.08. The Kier molecular flexibility index (Phi) is 6.24. The zero-order chi connectivity index (χ0) is 22.0. The van der Waals surface area contributed by atoms with E-state index in [9.17, 15) is 19.2 Å². The number of fused-ring (bicyclic) bond motifs is 1. The summed E-state index contributed by atoms with van der Waals surface area (Å²) in [6.07, 6.45) is 3.69. The first-order valence-corrected chi connectivity index (χ1v) is 10.0. The van der Waals surface area contributed by atoms with Crippen molar-refractivity contribution in [1.29, 1.82) is 0 Å². The molecule has 8 nitrogen and oxygen atoms in total. The van der Waals surface area contributed by atoms with Gasteiger partial charge >= 0.3 is 5.97 Å². The van der Waals surface area contributed by atoms with Crippen molar-refractivity contribution in [1.82, 2.24) is 4.90 Å². The number of anilines is 2. The highest BCUT2D eigenvalue weighted by atomic mass is 16.5. The van der Waals surface area contributed by atoms with E-state index in [0.29, 0.717) is 18.5 Å². The molecule has 1 N–H and O–H groups in total. The van der Waals surface area contributed by atoms with Crippen LogP contribution in [0.4, 0.5) is 11.4 Å². The van der Waals surface area contributed by atoms with Crippen LogP contribution >= 0.6 is 0 Å². The maximum atomic E-state index is 12.6. The molecular weight excluding hydrogens is 386 g/mol. The van der Waals surface area contributed by atoms with Gasteiger partial charge in [0.15, 0.2) is 6.10 Å². The number of nitrogens with zero attached hydrogens (tertiary/aromatic N) is 2. The first-order chi connectivity index (χ1) is 14.2. The fourth-order valence-corrected chi connectivity index (χ4v) is 3.73. The second kappa shape index (κ2) is 8.69. The number of likely N-dealkylation sites (tertiary alicyclic amines) is 1. The number of rotatable bonds is 6. The largest absolute Gasteiger partial charge is 0.451 e. The molecule has 160 valence electrons. The van der Waals surface area contributed by atoms with Crippen LogP contribution in [-0.4, -0.2) is 54.8 Å². The third-order valence-electron chi connectivity index (χ3n) is 5.58. The summed E-state index contributed by atoms with van der Waals surface area (Å²) in [7, 11) is 3.83. The van der Waals surface area contributed by atoms with Crippen LogP contribution in [0.25, 0.3) is 0 Å². The van der Waals surface area contributed by atoms with Gasteiger partial charge in [0.2, 0.25) is 11.8 Å². The van der Waals surface area contributed by atoms with E-state index in [-0.39, 0.29) is 11.8 Å². The van der Waals surface area contributed by atoms with E-state index in [0.717, 1.165) is 10.6 Å². The molecule has 3 rings (SSSR count). The Balaban J connectivity index is 1.58. The van der Waals surface area contributed by atoms with Crippen LogP contribution in [0.3, 0.4) is 0 Å². The van der Waals surface area contributed by atoms with Crippen LogP contribution in [-0.2, 0) is 23.9 Å². The molecule has 1 aliphatic carbocycles. The molecule has 0 spiro atoms. The van der Waals surface area contributed by atoms with E-state index in [1.165, 1.54) is 13.8 Å². The molecule has 1 aliphatic heterocycles. The van der Waals surface area contributed by atoms with Crippen LogP contribution in [0, 0.1) is 11.8 Å². The smallest absolute Gasteiger partial charge is 0.329 e. The number of benzene rings is 1. The molecule has 0 aromatic heterocycles. The Labute approximate surface area is 175 Å². The molecule has 1 aromatic rings. The van der Waals surface area contributed by atoms with Crippen molar-refractivity contribution in [2.45, 2.75) is 38.8 Å². The second-order valence-electron chi connectivity index (χ2n) is 7.89. The van der Waals surface area contributed by atoms with Gasteiger partial charge in [0.05, 0.1) is 11.8 Å². The number of allylic oxidation sites excluding steroid dienone is 2. The van der Waals surface area contributed by atoms with Crippen LogP contribution in [0.5, 0.6) is 0 Å². The van der Waals surface area contributed by atoms with E-state index in [1.807, 2.05) is 43.3 Å². The zero-order valence-corrected chi connectivity index (χ0v) is 17.6. The van der Waals surface area contributed by atoms with Crippen LogP contribution in [0.2, 0.25) is 0 Å². The lowest BCUT2D eigenvalue weighted by Gasteiger charge is -2.23. The average Bonchev–Trinajstić information content (AvgIpc) is 2.98. The number of nitrogens with one attached hydrogen (secondary N) is 1. The Bertz CT molecular complexity index is 851. The summed E-state index contributed by atoms with van der Waals surface area (Å²) in [5.74, 6) is -2.81. The summed E-state index contributed by atoms with van der Waals surface area (Å²) in [6, 6.07) is 6.13. The minimum atomic E-state index is -1.08. The molecular formula is C22H27N3O5. The molecule has 8 heteroatoms. The average molecular weight is 413 g/mol. The zero-order valence-electron chi connectivity index (χ0n) is 17.6. The van der Waals surface area contributed by atoms with Crippen molar-refractivity contribution in [3.8, 4) is 0 Å². The number of carbonyl (C=O) groups excluding carboxylic acids is 4. The van der Waals surface area contributed by atoms with Gasteiger partial charge < -0.3 is 15.0 Å². The van der Waals surface area contributed by atoms with Gasteiger partial charge in [0.1, 0.15) is 6.04 Å². The van der Waals surface area contributed by atoms with Crippen molar-refractivity contribution in [3.63, 3.8) is 0 Å². The van der Waals surface area contributed by atoms with Crippen molar-refractivity contribution in [2.75, 3.05) is 24.3 Å². The summed E-state index contributed by atoms with van der Waals surface area (Å²) in [6.45, 7) is 2.90. The highest BCUT2D eigenvalue weighted by Gasteiger charge is 2.50. The predicted molar refractivity (Wildman–Crippen MR) is 112 cm³/mol. The van der Waals surface area contributed by atoms with Gasteiger partial charge in [-0.2, -0.15) is 0 Å². The topological polar surface area (TPSA) is 96.0 Å². The summed E-state index contributed by atoms with van der Waals surface area (Å²) in [4.78, 5) is 53.1. The summed E-state index contributed by atoms with van der Waals surface area (Å²) < 4.78 is 5.25. The van der Waals surface area contributed by atoms with Gasteiger partial charge in [-0.05, 0) is 51.0 Å².